The van der Waals surface area contributed by atoms with Crippen LogP contribution in [0.2, 0.25) is 0 Å². The summed E-state index contributed by atoms with van der Waals surface area (Å²) in [4.78, 5) is 4.25. The lowest BCUT2D eigenvalue weighted by Gasteiger charge is -2.16. The lowest BCUT2D eigenvalue weighted by molar-refractivity contribution is 0.427. The number of aromatic nitrogens is 1. The summed E-state index contributed by atoms with van der Waals surface area (Å²) >= 11 is 0. The molecule has 1 N–H and O–H groups in total. The van der Waals surface area contributed by atoms with Crippen LogP contribution in [-0.2, 0) is 0 Å². The first-order chi connectivity index (χ1) is 8.36. The van der Waals surface area contributed by atoms with Gasteiger partial charge in [-0.2, -0.15) is 5.26 Å². The zero-order chi connectivity index (χ0) is 11.7. The number of hydrogen-bond donors (Lipinski definition) is 1. The minimum Gasteiger partial charge on any atom is -0.370 e. The van der Waals surface area contributed by atoms with Crippen LogP contribution in [0.15, 0.2) is 18.3 Å². The Labute approximate surface area is 102 Å². The Balaban J connectivity index is 1.56. The molecule has 0 spiro atoms. The van der Waals surface area contributed by atoms with E-state index in [0.717, 1.165) is 30.1 Å². The molecule has 1 aromatic heterocycles. The fourth-order valence-electron chi connectivity index (χ4n) is 2.55. The number of rotatable bonds is 5. The molecule has 1 heterocycles. The average Bonchev–Trinajstić information content (AvgIpc) is 3.24. The molecule has 0 saturated heterocycles. The maximum atomic E-state index is 8.70. The third-order valence-corrected chi connectivity index (χ3v) is 3.87. The zero-order valence-electron chi connectivity index (χ0n) is 9.89. The van der Waals surface area contributed by atoms with Crippen molar-refractivity contribution in [1.82, 2.24) is 4.98 Å². The molecule has 1 aromatic rings. The number of nitriles is 1. The van der Waals surface area contributed by atoms with Crippen LogP contribution >= 0.6 is 0 Å². The normalized spacial score (nSPS) is 19.1. The van der Waals surface area contributed by atoms with Crippen molar-refractivity contribution in [2.75, 3.05) is 11.9 Å². The van der Waals surface area contributed by atoms with Gasteiger partial charge >= 0.3 is 0 Å². The average molecular weight is 227 g/mol. The first-order valence-electron chi connectivity index (χ1n) is 6.47. The van der Waals surface area contributed by atoms with Crippen LogP contribution in [-0.4, -0.2) is 11.5 Å². The van der Waals surface area contributed by atoms with Gasteiger partial charge < -0.3 is 5.32 Å². The van der Waals surface area contributed by atoms with Crippen LogP contribution in [0, 0.1) is 29.1 Å². The van der Waals surface area contributed by atoms with Crippen molar-refractivity contribution in [3.8, 4) is 6.07 Å². The highest BCUT2D eigenvalue weighted by molar-refractivity contribution is 5.39. The quantitative estimate of drug-likeness (QED) is 0.841. The largest absolute Gasteiger partial charge is 0.370 e. The van der Waals surface area contributed by atoms with Gasteiger partial charge in [-0.25, -0.2) is 4.98 Å². The summed E-state index contributed by atoms with van der Waals surface area (Å²) in [6, 6.07) is 5.80. The summed E-state index contributed by atoms with van der Waals surface area (Å²) in [5.74, 6) is 3.68. The Hall–Kier alpha value is -1.56. The van der Waals surface area contributed by atoms with Gasteiger partial charge in [0, 0.05) is 12.7 Å². The highest BCUT2D eigenvalue weighted by Crippen LogP contribution is 2.49. The smallest absolute Gasteiger partial charge is 0.125 e. The van der Waals surface area contributed by atoms with Crippen molar-refractivity contribution in [2.24, 2.45) is 17.8 Å². The van der Waals surface area contributed by atoms with Gasteiger partial charge in [0.2, 0.25) is 0 Å². The second kappa shape index (κ2) is 4.37. The first kappa shape index (κ1) is 10.6. The Morgan fingerprint density at radius 2 is 2.00 bits per heavy atom. The molecule has 3 nitrogen and oxygen atoms in total. The van der Waals surface area contributed by atoms with Crippen LogP contribution in [0.1, 0.15) is 31.2 Å². The lowest BCUT2D eigenvalue weighted by Crippen LogP contribution is -2.18. The van der Waals surface area contributed by atoms with Crippen LogP contribution in [0.3, 0.4) is 0 Å². The van der Waals surface area contributed by atoms with E-state index >= 15 is 0 Å². The van der Waals surface area contributed by atoms with Gasteiger partial charge in [0.05, 0.1) is 5.56 Å². The standard InChI is InChI=1S/C14H17N3/c15-7-10-1-6-14(16-8-10)17-9-13(11-2-3-11)12-4-5-12/h1,6,8,11-13H,2-5,9H2,(H,16,17). The summed E-state index contributed by atoms with van der Waals surface area (Å²) < 4.78 is 0. The molecule has 0 bridgehead atoms. The van der Waals surface area contributed by atoms with Gasteiger partial charge in [0.25, 0.3) is 0 Å². The van der Waals surface area contributed by atoms with Crippen molar-refractivity contribution in [1.29, 1.82) is 5.26 Å². The molecular weight excluding hydrogens is 210 g/mol. The van der Waals surface area contributed by atoms with Crippen LogP contribution < -0.4 is 5.32 Å². The van der Waals surface area contributed by atoms with E-state index in [9.17, 15) is 0 Å². The van der Waals surface area contributed by atoms with Gasteiger partial charge in [0.1, 0.15) is 11.9 Å². The van der Waals surface area contributed by atoms with E-state index < -0.39 is 0 Å². The van der Waals surface area contributed by atoms with Gasteiger partial charge in [-0.1, -0.05) is 0 Å². The number of anilines is 1. The molecule has 0 radical (unpaired) electrons. The molecule has 0 aromatic carbocycles. The highest BCUT2D eigenvalue weighted by atomic mass is 15.0. The fourth-order valence-corrected chi connectivity index (χ4v) is 2.55. The SMILES string of the molecule is N#Cc1ccc(NCC(C2CC2)C2CC2)nc1. The van der Waals surface area contributed by atoms with E-state index in [1.54, 1.807) is 6.20 Å². The van der Waals surface area contributed by atoms with E-state index in [4.69, 9.17) is 5.26 Å². The van der Waals surface area contributed by atoms with Gasteiger partial charge in [0.15, 0.2) is 0 Å². The zero-order valence-corrected chi connectivity index (χ0v) is 9.89. The number of nitrogens with zero attached hydrogens (tertiary/aromatic N) is 2. The van der Waals surface area contributed by atoms with E-state index in [-0.39, 0.29) is 0 Å². The van der Waals surface area contributed by atoms with E-state index in [2.05, 4.69) is 16.4 Å². The molecule has 3 heteroatoms. The summed E-state index contributed by atoms with van der Waals surface area (Å²) in [6.45, 7) is 1.05. The molecule has 3 rings (SSSR count). The van der Waals surface area contributed by atoms with Crippen LogP contribution in [0.25, 0.3) is 0 Å². The second-order valence-electron chi connectivity index (χ2n) is 5.26. The molecule has 88 valence electrons. The van der Waals surface area contributed by atoms with Gasteiger partial charge in [-0.05, 0) is 55.6 Å². The Bertz CT molecular complexity index is 412. The van der Waals surface area contributed by atoms with Crippen molar-refractivity contribution in [2.45, 2.75) is 25.7 Å². The Kier molecular flexibility index (Phi) is 2.72. The van der Waals surface area contributed by atoms with Crippen molar-refractivity contribution in [3.05, 3.63) is 23.9 Å². The summed E-state index contributed by atoms with van der Waals surface area (Å²) in [7, 11) is 0. The third-order valence-electron chi connectivity index (χ3n) is 3.87. The van der Waals surface area contributed by atoms with Crippen molar-refractivity contribution in [3.63, 3.8) is 0 Å². The highest BCUT2D eigenvalue weighted by Gasteiger charge is 2.40. The summed E-state index contributed by atoms with van der Waals surface area (Å²) in [5, 5.41) is 12.1. The lowest BCUT2D eigenvalue weighted by atomic mass is 9.98. The van der Waals surface area contributed by atoms with Crippen LogP contribution in [0.5, 0.6) is 0 Å². The molecule has 0 unspecified atom stereocenters. The molecular formula is C14H17N3. The maximum Gasteiger partial charge on any atom is 0.125 e. The van der Waals surface area contributed by atoms with Gasteiger partial charge in [-0.15, -0.1) is 0 Å². The van der Waals surface area contributed by atoms with Crippen LogP contribution in [0.4, 0.5) is 5.82 Å². The maximum absolute atomic E-state index is 8.70. The fraction of sp³-hybridized carbons (Fsp3) is 0.571. The monoisotopic (exact) mass is 227 g/mol. The minimum atomic E-state index is 0.622. The molecule has 2 fully saturated rings. The topological polar surface area (TPSA) is 48.7 Å². The molecule has 2 saturated carbocycles. The van der Waals surface area contributed by atoms with E-state index in [0.29, 0.717) is 5.56 Å². The predicted molar refractivity (Wildman–Crippen MR) is 66.4 cm³/mol. The molecule has 0 amide bonds. The Morgan fingerprint density at radius 1 is 1.29 bits per heavy atom. The van der Waals surface area contributed by atoms with E-state index in [1.165, 1.54) is 25.7 Å². The van der Waals surface area contributed by atoms with E-state index in [1.807, 2.05) is 12.1 Å². The Morgan fingerprint density at radius 3 is 2.47 bits per heavy atom. The predicted octanol–water partition coefficient (Wildman–Crippen LogP) is 2.80. The molecule has 2 aliphatic carbocycles. The summed E-state index contributed by atoms with van der Waals surface area (Å²) in [5.41, 5.74) is 0.622. The third kappa shape index (κ3) is 2.58. The number of nitrogens with one attached hydrogen (secondary N) is 1. The number of hydrogen-bond acceptors (Lipinski definition) is 3. The minimum absolute atomic E-state index is 0.622. The molecule has 0 aliphatic heterocycles. The molecule has 2 aliphatic rings. The van der Waals surface area contributed by atoms with Crippen molar-refractivity contribution >= 4 is 5.82 Å². The van der Waals surface area contributed by atoms with Crippen molar-refractivity contribution < 1.29 is 0 Å². The first-order valence-corrected chi connectivity index (χ1v) is 6.47. The summed E-state index contributed by atoms with van der Waals surface area (Å²) in [6.07, 6.45) is 7.31. The molecule has 0 atom stereocenters. The molecule has 17 heavy (non-hydrogen) atoms. The van der Waals surface area contributed by atoms with Gasteiger partial charge in [-0.3, -0.25) is 0 Å². The number of pyridine rings is 1. The second-order valence-corrected chi connectivity index (χ2v) is 5.26.